The van der Waals surface area contributed by atoms with Crippen molar-refractivity contribution in [2.45, 2.75) is 190 Å². The number of aromatic nitrogens is 4. The predicted octanol–water partition coefficient (Wildman–Crippen LogP) is -0.185. The van der Waals surface area contributed by atoms with E-state index in [4.69, 9.17) is 65.3 Å². The highest BCUT2D eigenvalue weighted by atomic mass is 32.2. The van der Waals surface area contributed by atoms with Crippen molar-refractivity contribution in [3.63, 3.8) is 0 Å². The van der Waals surface area contributed by atoms with Gasteiger partial charge in [0.25, 0.3) is 32.4 Å². The highest BCUT2D eigenvalue weighted by Crippen LogP contribution is 2.45. The van der Waals surface area contributed by atoms with Crippen molar-refractivity contribution in [1.82, 2.24) is 63.2 Å². The van der Waals surface area contributed by atoms with Crippen molar-refractivity contribution in [3.8, 4) is 0 Å². The molecule has 0 aliphatic carbocycles. The molecule has 2 aromatic rings. The number of rotatable bonds is 53. The van der Waals surface area contributed by atoms with E-state index < -0.39 is 178 Å². The van der Waals surface area contributed by atoms with Crippen molar-refractivity contribution in [2.75, 3.05) is 23.8 Å². The van der Waals surface area contributed by atoms with Crippen LogP contribution in [0.2, 0.25) is 0 Å². The molecule has 630 valence electrons. The molecule has 0 radical (unpaired) electrons. The summed E-state index contributed by atoms with van der Waals surface area (Å²) in [5.74, 6) is -12.9. The van der Waals surface area contributed by atoms with Gasteiger partial charge in [0.05, 0.1) is 24.3 Å². The highest BCUT2D eigenvalue weighted by Gasteiger charge is 2.33. The lowest BCUT2D eigenvalue weighted by Gasteiger charge is -2.23. The number of aliphatic carboxylic acids is 10. The number of benzene rings is 1. The van der Waals surface area contributed by atoms with Crippen LogP contribution in [0.3, 0.4) is 0 Å². The molecule has 1 aromatic heterocycles. The standard InChI is InChI=1S/C17H23O8P.C13H22N2O7S.C11H18N6O5.C11H16N2O9.C9H14N2O7S/c18-12-25-15(8-6-13-4-2-1-3-5-13)11-26(23,24)10-14(17(21)22)7-9-16(19)20;1-13(2,3)23-6-9(22-7-16)15-12(21)14-8(11(19)20)4-5-10(17)18;1-7(2-5-10(19)20)12-11(21)13-9(22-6-18)4-3-8-14-16-17-15-8;14-5-22-7(2-4-9(17)18)13-11(21)12-6(10(19)20)1-3-8(15)16;12-4-18-6(3-19)11-9(17)10-5(8(15)16)1-2-7(13)14/h1-5,12,14-15H,6-11H2,(H,19,20)(H,21,22)(H,23,24);7-9H,4-6H2,1-3H3,(H,17,18)(H,19,20)(H2,14,15,21);6-7,9H,2-5H2,1H3,(H,19,20)(H2,12,13,21)(H,14,15,16,17);5-7H,1-4H2,(H,15,16)(H,17,18)(H,19,20)(H2,12,13,21);4-6,19H,1-3H2,(H,13,14)(H,15,16)(H2,10,11,17)/t;8-,9+;7-,9-;6-,7+;5-,6+/m.0100/s1. The molecule has 0 spiro atoms. The van der Waals surface area contributed by atoms with Crippen LogP contribution in [-0.4, -0.2) is 277 Å². The first-order valence-corrected chi connectivity index (χ1v) is 36.4. The zero-order chi connectivity index (χ0) is 86.0. The number of hydrogen-bond donors (Lipinski definition) is 21. The van der Waals surface area contributed by atoms with E-state index >= 15 is 0 Å². The average molecular weight is 1670 g/mol. The van der Waals surface area contributed by atoms with Crippen molar-refractivity contribution in [1.29, 1.82) is 0 Å². The molecule has 20 N–H and O–H groups in total. The number of carbonyl (C=O) groups excluding carboxylic acids is 9. The molecule has 1 aromatic carbocycles. The number of aryl methyl sites for hydroxylation is 2. The van der Waals surface area contributed by atoms with Crippen molar-refractivity contribution < 1.29 is 175 Å². The number of thioether (sulfide) groups is 1. The molecule has 11 atom stereocenters. The third-order valence-electron chi connectivity index (χ3n) is 13.3. The van der Waals surface area contributed by atoms with Gasteiger partial charge in [-0.25, -0.2) is 33.6 Å². The number of H-pyrrole nitrogens is 1. The van der Waals surface area contributed by atoms with E-state index in [-0.39, 0.29) is 112 Å². The largest absolute Gasteiger partial charge is 0.481 e. The number of nitrogens with zero attached hydrogens (tertiary/aromatic N) is 3. The fourth-order valence-corrected chi connectivity index (χ4v) is 11.1. The van der Waals surface area contributed by atoms with E-state index in [1.807, 2.05) is 56.4 Å². The van der Waals surface area contributed by atoms with Gasteiger partial charge in [0.15, 0.2) is 30.7 Å². The maximum absolute atomic E-state index is 12.4. The number of carboxylic acid groups (broad SMARTS) is 10. The number of nitrogens with one attached hydrogen (secondary N) is 9. The Labute approximate surface area is 645 Å². The number of urea groups is 4. The van der Waals surface area contributed by atoms with E-state index in [9.17, 15) is 101 Å². The summed E-state index contributed by atoms with van der Waals surface area (Å²) in [4.78, 5) is 215. The molecule has 3 unspecified atom stereocenters. The number of ether oxygens (including phenoxy) is 5. The lowest BCUT2D eigenvalue weighted by molar-refractivity contribution is -0.143. The van der Waals surface area contributed by atoms with Gasteiger partial charge in [-0.05, 0) is 57.4 Å². The molecular weight excluding hydrogens is 1570 g/mol. The zero-order valence-electron chi connectivity index (χ0n) is 60.5. The minimum absolute atomic E-state index is 0.000968. The Hall–Kier alpha value is -11.7. The predicted molar refractivity (Wildman–Crippen MR) is 380 cm³/mol. The third-order valence-corrected chi connectivity index (χ3v) is 17.0. The summed E-state index contributed by atoms with van der Waals surface area (Å²) in [6.07, 6.45) is -7.42. The highest BCUT2D eigenvalue weighted by molar-refractivity contribution is 8.00. The van der Waals surface area contributed by atoms with Gasteiger partial charge in [0.2, 0.25) is 7.37 Å². The topological polar surface area (TPSA) is 761 Å². The normalized spacial score (nSPS) is 13.6. The number of carbonyl (C=O) groups is 19. The van der Waals surface area contributed by atoms with Crippen LogP contribution in [0.5, 0.6) is 0 Å². The zero-order valence-corrected chi connectivity index (χ0v) is 63.1. The molecule has 0 fully saturated rings. The van der Waals surface area contributed by atoms with Gasteiger partial charge in [-0.1, -0.05) is 56.3 Å². The monoisotopic (exact) mass is 1660 g/mol. The Bertz CT molecular complexity index is 3340. The number of hydrogen-bond acceptors (Lipinski definition) is 30. The van der Waals surface area contributed by atoms with Gasteiger partial charge in [0.1, 0.15) is 24.2 Å². The van der Waals surface area contributed by atoms with E-state index in [1.165, 1.54) is 11.8 Å². The fourth-order valence-electron chi connectivity index (χ4n) is 8.00. The second-order valence-corrected chi connectivity index (χ2v) is 28.3. The van der Waals surface area contributed by atoms with Gasteiger partial charge < -0.3 is 122 Å². The first-order chi connectivity index (χ1) is 52.4. The molecule has 2 rings (SSSR count). The van der Waals surface area contributed by atoms with Gasteiger partial charge in [-0.15, -0.1) is 10.2 Å². The Balaban J connectivity index is -0.00000133. The molecule has 112 heavy (non-hydrogen) atoms. The van der Waals surface area contributed by atoms with Gasteiger partial charge in [-0.3, -0.25) is 62.1 Å². The third kappa shape index (κ3) is 60.2. The molecule has 0 aliphatic rings. The van der Waals surface area contributed by atoms with Crippen LogP contribution in [0.1, 0.15) is 129 Å². The van der Waals surface area contributed by atoms with Crippen LogP contribution in [0.15, 0.2) is 30.3 Å². The summed E-state index contributed by atoms with van der Waals surface area (Å²) in [6.45, 7) is 8.26. The van der Waals surface area contributed by atoms with Crippen LogP contribution in [0.4, 0.5) is 19.2 Å². The number of aromatic amines is 1. The van der Waals surface area contributed by atoms with Gasteiger partial charge in [0, 0.05) is 74.1 Å². The summed E-state index contributed by atoms with van der Waals surface area (Å²) in [5.41, 5.74) is 0.977. The summed E-state index contributed by atoms with van der Waals surface area (Å²) in [7, 11) is -3.93. The summed E-state index contributed by atoms with van der Waals surface area (Å²) in [5, 5.41) is 118. The van der Waals surface area contributed by atoms with Crippen molar-refractivity contribution in [3.05, 3.63) is 41.7 Å². The molecule has 51 heteroatoms. The minimum Gasteiger partial charge on any atom is -0.481 e. The fraction of sp³-hybridized carbons (Fsp3) is 0.574. The number of thiol groups is 1. The number of tetrazole rings is 1. The van der Waals surface area contributed by atoms with Crippen LogP contribution in [0.25, 0.3) is 0 Å². The quantitative estimate of drug-likeness (QED) is 0.0134. The molecule has 48 nitrogen and oxygen atoms in total. The first-order valence-electron chi connectivity index (χ1n) is 32.7. The van der Waals surface area contributed by atoms with Crippen molar-refractivity contribution >= 4 is 148 Å². The first kappa shape index (κ1) is 104. The van der Waals surface area contributed by atoms with Crippen molar-refractivity contribution in [2.24, 2.45) is 5.92 Å². The Morgan fingerprint density at radius 1 is 0.473 bits per heavy atom. The van der Waals surface area contributed by atoms with E-state index in [1.54, 1.807) is 6.92 Å². The van der Waals surface area contributed by atoms with E-state index in [0.29, 0.717) is 31.5 Å². The second kappa shape index (κ2) is 60.2. The summed E-state index contributed by atoms with van der Waals surface area (Å²) in [6, 6.07) is 1.47. The minimum atomic E-state index is -3.93. The van der Waals surface area contributed by atoms with Crippen LogP contribution < -0.4 is 42.5 Å². The van der Waals surface area contributed by atoms with Crippen LogP contribution >= 0.6 is 31.8 Å². The summed E-state index contributed by atoms with van der Waals surface area (Å²) >= 11 is 5.25. The Morgan fingerprint density at radius 2 is 0.848 bits per heavy atom. The molecular formula is C61H93N12O36PS2. The Kier molecular flexibility index (Phi) is 56.1. The molecule has 1 heterocycles. The maximum Gasteiger partial charge on any atom is 0.326 e. The maximum atomic E-state index is 12.4. The van der Waals surface area contributed by atoms with Crippen LogP contribution in [-0.2, 0) is 113 Å². The van der Waals surface area contributed by atoms with E-state index in [2.05, 4.69) is 79.9 Å². The lowest BCUT2D eigenvalue weighted by Crippen LogP contribution is -2.50. The molecule has 0 bridgehead atoms. The molecule has 8 amide bonds. The number of amides is 8. The Morgan fingerprint density at radius 3 is 1.23 bits per heavy atom. The lowest BCUT2D eigenvalue weighted by atomic mass is 10.1. The van der Waals surface area contributed by atoms with E-state index in [0.717, 1.165) is 5.56 Å². The molecule has 0 aliphatic heterocycles. The molecule has 0 saturated carbocycles. The SMILES string of the molecule is CC(C)(C)SC[C@H](NC(=O)N[C@@H](CCC(=O)O)C(=O)O)OC=O.C[C@H](CCC(=O)O)NC(=O)N[C@@H](CCc1nn[nH]n1)OC=O.O=COC(CCc1ccccc1)CP(=O)(O)CC(CCC(=O)O)C(=O)O.O=CO[C@H](CCC(=O)O)NC(=O)N[C@@H](CCC(=O)O)C(=O)O.O=CO[C@H](CS)NC(=O)N[C@@H](CCC(=O)O)C(=O)O. The smallest absolute Gasteiger partial charge is 0.326 e. The average Bonchev–Trinajstić information content (AvgIpc) is 0.984. The number of carboxylic acids is 10. The molecule has 0 saturated heterocycles. The van der Waals surface area contributed by atoms with Crippen LogP contribution in [0, 0.1) is 5.92 Å². The van der Waals surface area contributed by atoms with Gasteiger partial charge >= 0.3 is 83.8 Å². The van der Waals surface area contributed by atoms with Gasteiger partial charge in [-0.2, -0.15) is 29.6 Å². The second-order valence-electron chi connectivity index (χ2n) is 23.6. The summed E-state index contributed by atoms with van der Waals surface area (Å²) < 4.78 is 35.6.